The maximum Gasteiger partial charge on any atom is 0.266 e. The van der Waals surface area contributed by atoms with Gasteiger partial charge in [0.25, 0.3) is 6.08 Å². The zero-order valence-corrected chi connectivity index (χ0v) is 13.5. The molecule has 2 fully saturated rings. The van der Waals surface area contributed by atoms with E-state index in [9.17, 15) is 8.78 Å². The Balaban J connectivity index is 1.65. The quantitative estimate of drug-likeness (QED) is 0.619. The largest absolute Gasteiger partial charge is 0.352 e. The Morgan fingerprint density at radius 3 is 2.32 bits per heavy atom. The van der Waals surface area contributed by atoms with Crippen LogP contribution in [0.5, 0.6) is 0 Å². The van der Waals surface area contributed by atoms with Crippen LogP contribution in [0, 0.1) is 17.8 Å². The summed E-state index contributed by atoms with van der Waals surface area (Å²) in [6.45, 7) is 3.14. The molecule has 0 spiro atoms. The van der Waals surface area contributed by atoms with Gasteiger partial charge < -0.3 is 9.47 Å². The molecule has 1 heterocycles. The molecule has 0 radical (unpaired) electrons. The summed E-state index contributed by atoms with van der Waals surface area (Å²) in [6, 6.07) is 0. The Hall–Kier alpha value is -0.740. The van der Waals surface area contributed by atoms with Gasteiger partial charge in [-0.1, -0.05) is 12.2 Å². The molecule has 0 aromatic rings. The van der Waals surface area contributed by atoms with Crippen molar-refractivity contribution in [2.24, 2.45) is 17.8 Å². The maximum absolute atomic E-state index is 12.1. The van der Waals surface area contributed by atoms with Crippen molar-refractivity contribution in [2.75, 3.05) is 13.2 Å². The van der Waals surface area contributed by atoms with Crippen LogP contribution >= 0.6 is 0 Å². The summed E-state index contributed by atoms with van der Waals surface area (Å²) in [4.78, 5) is 0. The Labute approximate surface area is 132 Å². The fourth-order valence-electron chi connectivity index (χ4n) is 3.47. The fourth-order valence-corrected chi connectivity index (χ4v) is 3.47. The van der Waals surface area contributed by atoms with E-state index in [1.54, 1.807) is 0 Å². The predicted octanol–water partition coefficient (Wildman–Crippen LogP) is 5.31. The number of allylic oxidation sites excluding steroid dienone is 3. The zero-order valence-electron chi connectivity index (χ0n) is 13.5. The molecule has 22 heavy (non-hydrogen) atoms. The van der Waals surface area contributed by atoms with Gasteiger partial charge >= 0.3 is 0 Å². The third-order valence-electron chi connectivity index (χ3n) is 4.85. The summed E-state index contributed by atoms with van der Waals surface area (Å²) in [6.07, 6.45) is 11.2. The second kappa shape index (κ2) is 9.41. The van der Waals surface area contributed by atoms with E-state index in [0.717, 1.165) is 24.8 Å². The van der Waals surface area contributed by atoms with Crippen molar-refractivity contribution in [1.82, 2.24) is 0 Å². The predicted molar refractivity (Wildman–Crippen MR) is 83.6 cm³/mol. The lowest BCUT2D eigenvalue weighted by molar-refractivity contribution is -0.228. The molecule has 1 saturated heterocycles. The highest BCUT2D eigenvalue weighted by atomic mass is 19.3. The van der Waals surface area contributed by atoms with Crippen LogP contribution in [-0.4, -0.2) is 19.5 Å². The second-order valence-electron chi connectivity index (χ2n) is 6.56. The van der Waals surface area contributed by atoms with Gasteiger partial charge in [-0.15, -0.1) is 0 Å². The summed E-state index contributed by atoms with van der Waals surface area (Å²) >= 11 is 0. The summed E-state index contributed by atoms with van der Waals surface area (Å²) < 4.78 is 35.7. The molecule has 0 aromatic heterocycles. The molecule has 1 saturated carbocycles. The standard InChI is InChI=1S/C18H28F2O2/c1-2-3-4-5-14-6-9-16(10-7-14)18-21-12-15(13-22-18)8-11-17(19)20/h2-3,11,14-16,18H,4-10,12-13H2,1H3. The van der Waals surface area contributed by atoms with Crippen LogP contribution in [0.2, 0.25) is 0 Å². The average Bonchev–Trinajstić information content (AvgIpc) is 2.54. The molecule has 2 aliphatic rings. The number of ether oxygens (including phenoxy) is 2. The Kier molecular flexibility index (Phi) is 7.53. The van der Waals surface area contributed by atoms with Crippen LogP contribution in [0.3, 0.4) is 0 Å². The third kappa shape index (κ3) is 5.81. The van der Waals surface area contributed by atoms with E-state index in [1.807, 2.05) is 0 Å². The first kappa shape index (κ1) is 17.6. The van der Waals surface area contributed by atoms with Crippen molar-refractivity contribution in [2.45, 2.75) is 58.2 Å². The van der Waals surface area contributed by atoms with Crippen LogP contribution in [0.25, 0.3) is 0 Å². The van der Waals surface area contributed by atoms with Crippen molar-refractivity contribution in [3.05, 3.63) is 24.3 Å². The molecule has 2 rings (SSSR count). The third-order valence-corrected chi connectivity index (χ3v) is 4.85. The summed E-state index contributed by atoms with van der Waals surface area (Å²) in [5.41, 5.74) is 0. The van der Waals surface area contributed by atoms with Crippen LogP contribution in [0.4, 0.5) is 8.78 Å². The molecule has 1 aliphatic carbocycles. The lowest BCUT2D eigenvalue weighted by atomic mass is 9.79. The lowest BCUT2D eigenvalue weighted by Crippen LogP contribution is -2.38. The van der Waals surface area contributed by atoms with E-state index >= 15 is 0 Å². The molecule has 0 unspecified atom stereocenters. The summed E-state index contributed by atoms with van der Waals surface area (Å²) in [5, 5.41) is 0. The minimum atomic E-state index is -1.61. The van der Waals surface area contributed by atoms with E-state index in [4.69, 9.17) is 9.47 Å². The molecule has 2 nitrogen and oxygen atoms in total. The molecule has 126 valence electrons. The first-order chi connectivity index (χ1) is 10.7. The molecule has 0 atom stereocenters. The minimum absolute atomic E-state index is 0.0647. The van der Waals surface area contributed by atoms with Gasteiger partial charge in [0, 0.05) is 11.8 Å². The van der Waals surface area contributed by atoms with Gasteiger partial charge in [-0.05, 0) is 63.9 Å². The molecule has 0 bridgehead atoms. The normalized spacial score (nSPS) is 33.0. The van der Waals surface area contributed by atoms with Crippen molar-refractivity contribution in [3.63, 3.8) is 0 Å². The van der Waals surface area contributed by atoms with E-state index in [1.165, 1.54) is 25.7 Å². The lowest BCUT2D eigenvalue weighted by Gasteiger charge is -2.37. The topological polar surface area (TPSA) is 18.5 Å². The molecule has 0 amide bonds. The van der Waals surface area contributed by atoms with Gasteiger partial charge in [0.1, 0.15) is 0 Å². The van der Waals surface area contributed by atoms with Gasteiger partial charge in [0.05, 0.1) is 13.2 Å². The molecule has 4 heteroatoms. The van der Waals surface area contributed by atoms with Crippen LogP contribution in [0.1, 0.15) is 51.9 Å². The first-order valence-corrected chi connectivity index (χ1v) is 8.54. The van der Waals surface area contributed by atoms with Gasteiger partial charge in [0.2, 0.25) is 0 Å². The van der Waals surface area contributed by atoms with E-state index in [-0.39, 0.29) is 12.2 Å². The Morgan fingerprint density at radius 1 is 1.05 bits per heavy atom. The second-order valence-corrected chi connectivity index (χ2v) is 6.56. The van der Waals surface area contributed by atoms with Crippen molar-refractivity contribution < 1.29 is 18.3 Å². The van der Waals surface area contributed by atoms with Crippen molar-refractivity contribution in [3.8, 4) is 0 Å². The molecule has 0 aromatic carbocycles. The van der Waals surface area contributed by atoms with Gasteiger partial charge in [-0.25, -0.2) is 0 Å². The first-order valence-electron chi connectivity index (χ1n) is 8.54. The van der Waals surface area contributed by atoms with E-state index in [2.05, 4.69) is 19.1 Å². The Morgan fingerprint density at radius 2 is 1.73 bits per heavy atom. The average molecular weight is 314 g/mol. The summed E-state index contributed by atoms with van der Waals surface area (Å²) in [5.74, 6) is 1.38. The van der Waals surface area contributed by atoms with Gasteiger partial charge in [-0.3, -0.25) is 0 Å². The summed E-state index contributed by atoms with van der Waals surface area (Å²) in [7, 11) is 0. The van der Waals surface area contributed by atoms with Crippen LogP contribution < -0.4 is 0 Å². The Bertz CT molecular complexity index is 361. The molecular formula is C18H28F2O2. The highest BCUT2D eigenvalue weighted by molar-refractivity contribution is 4.85. The molecular weight excluding hydrogens is 286 g/mol. The molecule has 1 aliphatic heterocycles. The number of hydrogen-bond acceptors (Lipinski definition) is 2. The number of rotatable bonds is 6. The van der Waals surface area contributed by atoms with E-state index < -0.39 is 6.08 Å². The van der Waals surface area contributed by atoms with Gasteiger partial charge in [-0.2, -0.15) is 8.78 Å². The smallest absolute Gasteiger partial charge is 0.266 e. The van der Waals surface area contributed by atoms with Crippen LogP contribution in [-0.2, 0) is 9.47 Å². The zero-order chi connectivity index (χ0) is 15.8. The number of hydrogen-bond donors (Lipinski definition) is 0. The van der Waals surface area contributed by atoms with Gasteiger partial charge in [0.15, 0.2) is 6.29 Å². The highest BCUT2D eigenvalue weighted by Crippen LogP contribution is 2.36. The maximum atomic E-state index is 12.1. The monoisotopic (exact) mass is 314 g/mol. The minimum Gasteiger partial charge on any atom is -0.352 e. The van der Waals surface area contributed by atoms with Crippen molar-refractivity contribution in [1.29, 1.82) is 0 Å². The van der Waals surface area contributed by atoms with E-state index in [0.29, 0.717) is 25.6 Å². The fraction of sp³-hybridized carbons (Fsp3) is 0.778. The number of halogens is 2. The molecule has 0 N–H and O–H groups in total. The highest BCUT2D eigenvalue weighted by Gasteiger charge is 2.32. The van der Waals surface area contributed by atoms with Crippen molar-refractivity contribution >= 4 is 0 Å². The SMILES string of the molecule is CC=CCCC1CCC(C2OCC(CC=C(F)F)CO2)CC1. The van der Waals surface area contributed by atoms with Crippen LogP contribution in [0.15, 0.2) is 24.3 Å².